The van der Waals surface area contributed by atoms with Crippen molar-refractivity contribution in [1.29, 1.82) is 0 Å². The lowest BCUT2D eigenvalue weighted by Crippen LogP contribution is -2.58. The second-order valence-corrected chi connectivity index (χ2v) is 5.02. The maximum absolute atomic E-state index is 12.1. The van der Waals surface area contributed by atoms with E-state index in [0.717, 1.165) is 5.56 Å². The Balaban J connectivity index is 1.85. The molecule has 0 spiro atoms. The molecule has 0 aliphatic carbocycles. The van der Waals surface area contributed by atoms with E-state index in [9.17, 15) is 14.4 Å². The van der Waals surface area contributed by atoms with E-state index in [1.165, 1.54) is 4.90 Å². The van der Waals surface area contributed by atoms with Crippen LogP contribution in [-0.2, 0) is 14.4 Å². The molecule has 3 amide bonds. The number of aryl methyl sites for hydroxylation is 1. The first-order valence-electron chi connectivity index (χ1n) is 6.80. The summed E-state index contributed by atoms with van der Waals surface area (Å²) in [5.41, 5.74) is 1.13. The molecule has 0 radical (unpaired) electrons. The zero-order valence-corrected chi connectivity index (χ0v) is 12.1. The molecule has 1 unspecified atom stereocenters. The molecule has 2 rings (SSSR count). The molecule has 1 aromatic rings. The van der Waals surface area contributed by atoms with Gasteiger partial charge in [-0.2, -0.15) is 0 Å². The van der Waals surface area contributed by atoms with Gasteiger partial charge in [0.15, 0.2) is 0 Å². The normalized spacial score (nSPS) is 18.4. The van der Waals surface area contributed by atoms with E-state index in [0.29, 0.717) is 5.75 Å². The number of carbonyl (C=O) groups excluding carboxylic acids is 3. The number of piperazine rings is 1. The van der Waals surface area contributed by atoms with Gasteiger partial charge in [0.25, 0.3) is 0 Å². The Bertz CT molecular complexity index is 553. The molecule has 1 saturated heterocycles. The Morgan fingerprint density at radius 1 is 1.33 bits per heavy atom. The van der Waals surface area contributed by atoms with Crippen LogP contribution in [0.15, 0.2) is 24.3 Å². The summed E-state index contributed by atoms with van der Waals surface area (Å²) in [6.45, 7) is 3.70. The van der Waals surface area contributed by atoms with Gasteiger partial charge in [0.1, 0.15) is 18.3 Å². The lowest BCUT2D eigenvalue weighted by Gasteiger charge is -2.31. The van der Waals surface area contributed by atoms with Crippen LogP contribution in [0.1, 0.15) is 18.9 Å². The van der Waals surface area contributed by atoms with Crippen molar-refractivity contribution in [2.75, 3.05) is 13.2 Å². The molecule has 0 bridgehead atoms. The Labute approximate surface area is 123 Å². The number of hydrogen-bond donors (Lipinski definition) is 1. The minimum absolute atomic E-state index is 0.0870. The van der Waals surface area contributed by atoms with Gasteiger partial charge in [-0.15, -0.1) is 0 Å². The summed E-state index contributed by atoms with van der Waals surface area (Å²) >= 11 is 0. The van der Waals surface area contributed by atoms with Gasteiger partial charge in [-0.1, -0.05) is 17.7 Å². The van der Waals surface area contributed by atoms with Crippen LogP contribution in [0.2, 0.25) is 0 Å². The number of hydrogen-bond acceptors (Lipinski definition) is 4. The Morgan fingerprint density at radius 3 is 2.67 bits per heavy atom. The largest absolute Gasteiger partial charge is 0.493 e. The fraction of sp³-hybridized carbons (Fsp3) is 0.400. The van der Waals surface area contributed by atoms with Gasteiger partial charge < -0.3 is 9.64 Å². The summed E-state index contributed by atoms with van der Waals surface area (Å²) in [4.78, 5) is 36.1. The fourth-order valence-electron chi connectivity index (χ4n) is 2.05. The molecule has 0 aromatic heterocycles. The van der Waals surface area contributed by atoms with Crippen molar-refractivity contribution in [3.8, 4) is 5.75 Å². The summed E-state index contributed by atoms with van der Waals surface area (Å²) < 4.78 is 5.48. The third kappa shape index (κ3) is 3.81. The van der Waals surface area contributed by atoms with Crippen LogP contribution in [0.3, 0.4) is 0 Å². The average Bonchev–Trinajstić information content (AvgIpc) is 2.44. The van der Waals surface area contributed by atoms with Crippen molar-refractivity contribution in [3.63, 3.8) is 0 Å². The Morgan fingerprint density at radius 2 is 2.00 bits per heavy atom. The molecule has 1 fully saturated rings. The first-order chi connectivity index (χ1) is 9.97. The molecule has 1 aromatic carbocycles. The Hall–Kier alpha value is -2.37. The minimum Gasteiger partial charge on any atom is -0.493 e. The van der Waals surface area contributed by atoms with Crippen LogP contribution in [0.4, 0.5) is 0 Å². The number of nitrogens with one attached hydrogen (secondary N) is 1. The zero-order valence-electron chi connectivity index (χ0n) is 12.1. The first kappa shape index (κ1) is 15.0. The smallest absolute Gasteiger partial charge is 0.249 e. The van der Waals surface area contributed by atoms with Crippen LogP contribution >= 0.6 is 0 Å². The highest BCUT2D eigenvalue weighted by atomic mass is 16.5. The summed E-state index contributed by atoms with van der Waals surface area (Å²) in [6.07, 6.45) is 0.124. The van der Waals surface area contributed by atoms with E-state index in [1.807, 2.05) is 31.2 Å². The first-order valence-corrected chi connectivity index (χ1v) is 6.80. The second kappa shape index (κ2) is 6.39. The maximum atomic E-state index is 12.1. The van der Waals surface area contributed by atoms with Crippen molar-refractivity contribution in [2.24, 2.45) is 0 Å². The highest BCUT2D eigenvalue weighted by Gasteiger charge is 2.33. The lowest BCUT2D eigenvalue weighted by molar-refractivity contribution is -0.149. The summed E-state index contributed by atoms with van der Waals surface area (Å²) in [6, 6.07) is 6.88. The number of ether oxygens (including phenoxy) is 1. The van der Waals surface area contributed by atoms with Crippen LogP contribution in [0.25, 0.3) is 0 Å². The van der Waals surface area contributed by atoms with E-state index in [1.54, 1.807) is 6.92 Å². The van der Waals surface area contributed by atoms with Gasteiger partial charge in [-0.25, -0.2) is 0 Å². The van der Waals surface area contributed by atoms with Crippen molar-refractivity contribution < 1.29 is 19.1 Å². The quantitative estimate of drug-likeness (QED) is 0.826. The zero-order chi connectivity index (χ0) is 15.4. The van der Waals surface area contributed by atoms with E-state index in [4.69, 9.17) is 4.74 Å². The van der Waals surface area contributed by atoms with E-state index < -0.39 is 17.9 Å². The molecule has 1 aliphatic heterocycles. The van der Waals surface area contributed by atoms with Gasteiger partial charge >= 0.3 is 0 Å². The van der Waals surface area contributed by atoms with E-state index in [2.05, 4.69) is 5.32 Å². The maximum Gasteiger partial charge on any atom is 0.249 e. The SMILES string of the molecule is Cc1ccc(OCCC(=O)N2CC(=O)NC(=O)C2C)cc1. The van der Waals surface area contributed by atoms with Gasteiger partial charge in [0.05, 0.1) is 13.0 Å². The molecule has 112 valence electrons. The fourth-order valence-corrected chi connectivity index (χ4v) is 2.05. The number of rotatable bonds is 4. The van der Waals surface area contributed by atoms with Crippen molar-refractivity contribution >= 4 is 17.7 Å². The summed E-state index contributed by atoms with van der Waals surface area (Å²) in [5, 5.41) is 2.20. The number of carbonyl (C=O) groups is 3. The highest BCUT2D eigenvalue weighted by Crippen LogP contribution is 2.12. The third-order valence-corrected chi connectivity index (χ3v) is 3.35. The molecule has 0 saturated carbocycles. The van der Waals surface area contributed by atoms with E-state index >= 15 is 0 Å². The number of amides is 3. The topological polar surface area (TPSA) is 75.7 Å². The standard InChI is InChI=1S/C15H18N2O4/c1-10-3-5-12(6-4-10)21-8-7-14(19)17-9-13(18)16-15(20)11(17)2/h3-6,11H,7-9H2,1-2H3,(H,16,18,20). The summed E-state index contributed by atoms with van der Waals surface area (Å²) in [5.74, 6) is -0.475. The molecule has 1 N–H and O–H groups in total. The van der Waals surface area contributed by atoms with Gasteiger partial charge in [0, 0.05) is 0 Å². The van der Waals surface area contributed by atoms with Gasteiger partial charge in [-0.3, -0.25) is 19.7 Å². The van der Waals surface area contributed by atoms with Crippen molar-refractivity contribution in [2.45, 2.75) is 26.3 Å². The lowest BCUT2D eigenvalue weighted by atomic mass is 10.2. The molecule has 1 aliphatic rings. The summed E-state index contributed by atoms with van der Waals surface area (Å²) in [7, 11) is 0. The molecule has 21 heavy (non-hydrogen) atoms. The number of imide groups is 1. The molecule has 1 heterocycles. The van der Waals surface area contributed by atoms with Gasteiger partial charge in [-0.05, 0) is 26.0 Å². The molecule has 6 heteroatoms. The highest BCUT2D eigenvalue weighted by molar-refractivity contribution is 6.04. The predicted octanol–water partition coefficient (Wildman–Crippen LogP) is 0.637. The molecular weight excluding hydrogens is 272 g/mol. The molecule has 1 atom stereocenters. The van der Waals surface area contributed by atoms with Crippen molar-refractivity contribution in [1.82, 2.24) is 10.2 Å². The number of nitrogens with zero attached hydrogens (tertiary/aromatic N) is 1. The van der Waals surface area contributed by atoms with Crippen LogP contribution < -0.4 is 10.1 Å². The minimum atomic E-state index is -0.630. The molecular formula is C15H18N2O4. The molecule has 6 nitrogen and oxygen atoms in total. The van der Waals surface area contributed by atoms with Crippen LogP contribution in [0, 0.1) is 6.92 Å². The number of benzene rings is 1. The third-order valence-electron chi connectivity index (χ3n) is 3.35. The van der Waals surface area contributed by atoms with E-state index in [-0.39, 0.29) is 25.5 Å². The van der Waals surface area contributed by atoms with Gasteiger partial charge in [0.2, 0.25) is 17.7 Å². The second-order valence-electron chi connectivity index (χ2n) is 5.02. The Kier molecular flexibility index (Phi) is 4.57. The predicted molar refractivity (Wildman–Crippen MR) is 75.6 cm³/mol. The monoisotopic (exact) mass is 290 g/mol. The average molecular weight is 290 g/mol. The van der Waals surface area contributed by atoms with Crippen LogP contribution in [-0.4, -0.2) is 41.8 Å². The van der Waals surface area contributed by atoms with Crippen molar-refractivity contribution in [3.05, 3.63) is 29.8 Å². The van der Waals surface area contributed by atoms with Crippen LogP contribution in [0.5, 0.6) is 5.75 Å².